The number of rotatable bonds is 10. The number of carboxylic acid groups (broad SMARTS) is 1. The fraction of sp³-hybridized carbons (Fsp3) is 0.769. The zero-order chi connectivity index (χ0) is 14.1. The molecule has 3 N–H and O–H groups in total. The molecule has 1 rings (SSSR count). The summed E-state index contributed by atoms with van der Waals surface area (Å²) in [5.74, 6) is -0.853. The number of carbonyl (C=O) groups is 3. The van der Waals surface area contributed by atoms with E-state index in [1.807, 2.05) is 0 Å². The van der Waals surface area contributed by atoms with Crippen LogP contribution in [0.2, 0.25) is 0 Å². The number of amides is 2. The monoisotopic (exact) mass is 270 g/mol. The Hall–Kier alpha value is -1.59. The van der Waals surface area contributed by atoms with Crippen LogP contribution in [0.15, 0.2) is 0 Å². The van der Waals surface area contributed by atoms with E-state index in [1.54, 1.807) is 0 Å². The van der Waals surface area contributed by atoms with Gasteiger partial charge in [-0.25, -0.2) is 0 Å². The van der Waals surface area contributed by atoms with Crippen LogP contribution in [-0.2, 0) is 14.4 Å². The highest BCUT2D eigenvalue weighted by Gasteiger charge is 2.22. The first-order chi connectivity index (χ1) is 9.08. The van der Waals surface area contributed by atoms with Gasteiger partial charge in [0.2, 0.25) is 11.8 Å². The molecule has 1 aliphatic carbocycles. The first-order valence-corrected chi connectivity index (χ1v) is 6.86. The minimum Gasteiger partial charge on any atom is -0.481 e. The second-order valence-electron chi connectivity index (χ2n) is 4.90. The topological polar surface area (TPSA) is 95.5 Å². The van der Waals surface area contributed by atoms with Crippen LogP contribution in [0.25, 0.3) is 0 Å². The third-order valence-electron chi connectivity index (χ3n) is 2.89. The van der Waals surface area contributed by atoms with Crippen molar-refractivity contribution < 1.29 is 19.5 Å². The molecule has 0 spiro atoms. The fourth-order valence-corrected chi connectivity index (χ4v) is 1.65. The standard InChI is InChI=1S/C13H22N2O4/c16-11(4-1-2-6-13(18)19)14-9-3-5-12(17)15-10-7-8-10/h10H,1-9H2,(H,14,16)(H,15,17)(H,18,19). The van der Waals surface area contributed by atoms with Crippen molar-refractivity contribution in [3.05, 3.63) is 0 Å². The van der Waals surface area contributed by atoms with E-state index in [2.05, 4.69) is 10.6 Å². The molecule has 6 heteroatoms. The van der Waals surface area contributed by atoms with Crippen LogP contribution in [0.1, 0.15) is 51.4 Å². The van der Waals surface area contributed by atoms with Crippen molar-refractivity contribution in [1.82, 2.24) is 10.6 Å². The summed E-state index contributed by atoms with van der Waals surface area (Å²) in [4.78, 5) is 33.0. The summed E-state index contributed by atoms with van der Waals surface area (Å²) < 4.78 is 0. The molecule has 2 amide bonds. The molecule has 0 aromatic rings. The van der Waals surface area contributed by atoms with E-state index in [4.69, 9.17) is 5.11 Å². The van der Waals surface area contributed by atoms with Crippen molar-refractivity contribution in [2.24, 2.45) is 0 Å². The fourth-order valence-electron chi connectivity index (χ4n) is 1.65. The van der Waals surface area contributed by atoms with E-state index in [-0.39, 0.29) is 18.2 Å². The van der Waals surface area contributed by atoms with E-state index >= 15 is 0 Å². The lowest BCUT2D eigenvalue weighted by Gasteiger charge is -2.05. The van der Waals surface area contributed by atoms with Gasteiger partial charge in [-0.3, -0.25) is 14.4 Å². The van der Waals surface area contributed by atoms with Crippen molar-refractivity contribution in [2.45, 2.75) is 57.4 Å². The molecule has 1 aliphatic rings. The van der Waals surface area contributed by atoms with Crippen LogP contribution in [0.3, 0.4) is 0 Å². The third-order valence-corrected chi connectivity index (χ3v) is 2.89. The van der Waals surface area contributed by atoms with Gasteiger partial charge in [-0.1, -0.05) is 0 Å². The highest BCUT2D eigenvalue weighted by Crippen LogP contribution is 2.18. The van der Waals surface area contributed by atoms with Crippen molar-refractivity contribution >= 4 is 17.8 Å². The van der Waals surface area contributed by atoms with Crippen molar-refractivity contribution in [2.75, 3.05) is 6.54 Å². The van der Waals surface area contributed by atoms with Crippen LogP contribution in [-0.4, -0.2) is 35.5 Å². The quantitative estimate of drug-likeness (QED) is 0.512. The molecule has 1 fully saturated rings. The molecular weight excluding hydrogens is 248 g/mol. The van der Waals surface area contributed by atoms with Gasteiger partial charge >= 0.3 is 5.97 Å². The minimum atomic E-state index is -0.831. The molecule has 6 nitrogen and oxygen atoms in total. The summed E-state index contributed by atoms with van der Waals surface area (Å²) in [6.45, 7) is 0.496. The molecular formula is C13H22N2O4. The molecule has 0 radical (unpaired) electrons. The molecule has 0 aromatic heterocycles. The van der Waals surface area contributed by atoms with Crippen LogP contribution in [0, 0.1) is 0 Å². The molecule has 1 saturated carbocycles. The normalized spacial score (nSPS) is 13.9. The van der Waals surface area contributed by atoms with Gasteiger partial charge < -0.3 is 15.7 Å². The first kappa shape index (κ1) is 15.5. The number of hydrogen-bond acceptors (Lipinski definition) is 3. The highest BCUT2D eigenvalue weighted by atomic mass is 16.4. The number of nitrogens with one attached hydrogen (secondary N) is 2. The summed E-state index contributed by atoms with van der Waals surface area (Å²) in [5, 5.41) is 14.0. The van der Waals surface area contributed by atoms with E-state index in [9.17, 15) is 14.4 Å². The Kier molecular flexibility index (Phi) is 6.92. The molecule has 0 atom stereocenters. The summed E-state index contributed by atoms with van der Waals surface area (Å²) in [7, 11) is 0. The molecule has 0 saturated heterocycles. The lowest BCUT2D eigenvalue weighted by molar-refractivity contribution is -0.137. The number of hydrogen-bond donors (Lipinski definition) is 3. The van der Waals surface area contributed by atoms with E-state index < -0.39 is 5.97 Å². The van der Waals surface area contributed by atoms with Gasteiger partial charge in [0.1, 0.15) is 0 Å². The van der Waals surface area contributed by atoms with Gasteiger partial charge in [-0.2, -0.15) is 0 Å². The average molecular weight is 270 g/mol. The molecule has 108 valence electrons. The minimum absolute atomic E-state index is 0.0539. The predicted octanol–water partition coefficient (Wildman–Crippen LogP) is 0.806. The van der Waals surface area contributed by atoms with Gasteiger partial charge in [0.25, 0.3) is 0 Å². The van der Waals surface area contributed by atoms with E-state index in [1.165, 1.54) is 0 Å². The Morgan fingerprint density at radius 3 is 2.21 bits per heavy atom. The second kappa shape index (κ2) is 8.50. The maximum absolute atomic E-state index is 11.4. The lowest BCUT2D eigenvalue weighted by atomic mass is 10.2. The average Bonchev–Trinajstić information content (AvgIpc) is 3.14. The largest absolute Gasteiger partial charge is 0.481 e. The van der Waals surface area contributed by atoms with E-state index in [0.29, 0.717) is 44.7 Å². The Morgan fingerprint density at radius 1 is 0.947 bits per heavy atom. The van der Waals surface area contributed by atoms with Gasteiger partial charge in [-0.15, -0.1) is 0 Å². The molecule has 0 bridgehead atoms. The van der Waals surface area contributed by atoms with Crippen LogP contribution in [0.5, 0.6) is 0 Å². The molecule has 0 unspecified atom stereocenters. The maximum atomic E-state index is 11.4. The molecule has 19 heavy (non-hydrogen) atoms. The van der Waals surface area contributed by atoms with Crippen molar-refractivity contribution in [3.63, 3.8) is 0 Å². The molecule has 0 aliphatic heterocycles. The zero-order valence-electron chi connectivity index (χ0n) is 11.1. The second-order valence-corrected chi connectivity index (χ2v) is 4.90. The Morgan fingerprint density at radius 2 is 1.58 bits per heavy atom. The van der Waals surface area contributed by atoms with Gasteiger partial charge in [0.05, 0.1) is 0 Å². The number of aliphatic carboxylic acids is 1. The van der Waals surface area contributed by atoms with Gasteiger partial charge in [0, 0.05) is 31.8 Å². The number of carboxylic acids is 1. The third kappa shape index (κ3) is 9.04. The van der Waals surface area contributed by atoms with Crippen molar-refractivity contribution in [1.29, 1.82) is 0 Å². The maximum Gasteiger partial charge on any atom is 0.303 e. The zero-order valence-corrected chi connectivity index (χ0v) is 11.1. The lowest BCUT2D eigenvalue weighted by Crippen LogP contribution is -2.28. The Bertz CT molecular complexity index is 327. The van der Waals surface area contributed by atoms with Crippen LogP contribution >= 0.6 is 0 Å². The van der Waals surface area contributed by atoms with Crippen LogP contribution in [0.4, 0.5) is 0 Å². The summed E-state index contributed by atoms with van der Waals surface area (Å²) in [5.41, 5.74) is 0. The summed E-state index contributed by atoms with van der Waals surface area (Å²) >= 11 is 0. The number of carbonyl (C=O) groups excluding carboxylic acids is 2. The highest BCUT2D eigenvalue weighted by molar-refractivity contribution is 5.77. The SMILES string of the molecule is O=C(O)CCCCC(=O)NCCCC(=O)NC1CC1. The van der Waals surface area contributed by atoms with Gasteiger partial charge in [0.15, 0.2) is 0 Å². The predicted molar refractivity (Wildman–Crippen MR) is 69.5 cm³/mol. The van der Waals surface area contributed by atoms with Gasteiger partial charge in [-0.05, 0) is 32.1 Å². The number of unbranched alkanes of at least 4 members (excludes halogenated alkanes) is 1. The molecule has 0 heterocycles. The smallest absolute Gasteiger partial charge is 0.303 e. The summed E-state index contributed by atoms with van der Waals surface area (Å²) in [6.07, 6.45) is 4.80. The first-order valence-electron chi connectivity index (χ1n) is 6.86. The summed E-state index contributed by atoms with van der Waals surface area (Å²) in [6, 6.07) is 0.385. The Balaban J connectivity index is 1.88. The van der Waals surface area contributed by atoms with E-state index in [0.717, 1.165) is 12.8 Å². The van der Waals surface area contributed by atoms with Crippen molar-refractivity contribution in [3.8, 4) is 0 Å². The Labute approximate surface area is 112 Å². The molecule has 0 aromatic carbocycles. The van der Waals surface area contributed by atoms with Crippen LogP contribution < -0.4 is 10.6 Å².